The highest BCUT2D eigenvalue weighted by atomic mass is 16.6. The van der Waals surface area contributed by atoms with Crippen molar-refractivity contribution in [3.05, 3.63) is 12.2 Å². The van der Waals surface area contributed by atoms with E-state index >= 15 is 0 Å². The van der Waals surface area contributed by atoms with E-state index in [1.54, 1.807) is 12.2 Å². The summed E-state index contributed by atoms with van der Waals surface area (Å²) in [6, 6.07) is 0. The summed E-state index contributed by atoms with van der Waals surface area (Å²) in [4.78, 5) is 36.0. The first-order valence-electron chi connectivity index (χ1n) is 15.3. The van der Waals surface area contributed by atoms with E-state index < -0.39 is 24.3 Å². The number of rotatable bonds is 23. The van der Waals surface area contributed by atoms with Crippen molar-refractivity contribution in [3.63, 3.8) is 0 Å². The first kappa shape index (κ1) is 35.3. The fourth-order valence-electron chi connectivity index (χ4n) is 4.99. The number of carbonyl (C=O) groups is 3. The summed E-state index contributed by atoms with van der Waals surface area (Å²) < 4.78 is 10.1. The molecule has 0 saturated heterocycles. The van der Waals surface area contributed by atoms with E-state index in [1.165, 1.54) is 0 Å². The van der Waals surface area contributed by atoms with E-state index in [0.717, 1.165) is 77.0 Å². The Morgan fingerprint density at radius 1 is 0.846 bits per heavy atom. The molecule has 1 rings (SSSR count). The number of hydrogen-bond donors (Lipinski definition) is 3. The Bertz CT molecular complexity index is 707. The second kappa shape index (κ2) is 22.0. The van der Waals surface area contributed by atoms with Crippen molar-refractivity contribution in [1.29, 1.82) is 0 Å². The average Bonchev–Trinajstić information content (AvgIpc) is 3.18. The minimum Gasteiger partial charge on any atom is -0.463 e. The summed E-state index contributed by atoms with van der Waals surface area (Å²) in [5.74, 6) is -1.17. The van der Waals surface area contributed by atoms with Crippen LogP contribution in [-0.4, -0.2) is 64.6 Å². The number of ether oxygens (including phenoxy) is 2. The van der Waals surface area contributed by atoms with Gasteiger partial charge in [0.2, 0.25) is 0 Å². The van der Waals surface area contributed by atoms with Gasteiger partial charge in [0.25, 0.3) is 0 Å². The number of esters is 2. The van der Waals surface area contributed by atoms with Crippen LogP contribution in [-0.2, 0) is 23.9 Å². The van der Waals surface area contributed by atoms with Gasteiger partial charge >= 0.3 is 11.9 Å². The molecule has 8 nitrogen and oxygen atoms in total. The molecule has 5 atom stereocenters. The van der Waals surface area contributed by atoms with Crippen LogP contribution in [0.2, 0.25) is 0 Å². The molecular weight excluding hydrogens is 500 g/mol. The number of unbranched alkanes of at least 4 members (excludes halogenated alkanes) is 9. The van der Waals surface area contributed by atoms with Crippen LogP contribution in [0, 0.1) is 11.8 Å². The standard InChI is InChI=1S/C31H54O8/c1-3-5-7-8-13-17-30(36)38-22-25(33)23-39-31(37)18-14-10-9-12-16-26-27(29(35)21-28(26)34)20-19-24(32)15-11-6-4-2/h19-20,24-28,32-34H,3-18,21-23H2,1-2H3/b20-19+/t24-,25+,26+,27+,28-/m0/s1. The van der Waals surface area contributed by atoms with Crippen LogP contribution in [0.25, 0.3) is 0 Å². The third-order valence-corrected chi connectivity index (χ3v) is 7.41. The molecular formula is C31H54O8. The molecule has 0 bridgehead atoms. The van der Waals surface area contributed by atoms with Crippen molar-refractivity contribution in [2.45, 2.75) is 141 Å². The van der Waals surface area contributed by atoms with Crippen molar-refractivity contribution in [3.8, 4) is 0 Å². The number of hydrogen-bond acceptors (Lipinski definition) is 8. The van der Waals surface area contributed by atoms with Gasteiger partial charge in [-0.25, -0.2) is 0 Å². The SMILES string of the molecule is CCCCCCCC(=O)OC[C@@H](O)COC(=O)CCCCCC[C@H]1[C@@H](O)CC(=O)[C@@H]1/C=C/[C@@H](O)CCCCC. The normalized spacial score (nSPS) is 20.8. The van der Waals surface area contributed by atoms with Gasteiger partial charge in [0.15, 0.2) is 0 Å². The molecule has 1 aliphatic carbocycles. The number of allylic oxidation sites excluding steroid dienone is 1. The zero-order valence-electron chi connectivity index (χ0n) is 24.4. The Hall–Kier alpha value is -1.77. The third-order valence-electron chi connectivity index (χ3n) is 7.41. The predicted octanol–water partition coefficient (Wildman–Crippen LogP) is 5.20. The molecule has 226 valence electrons. The zero-order chi connectivity index (χ0) is 28.9. The van der Waals surface area contributed by atoms with Gasteiger partial charge in [0.05, 0.1) is 12.2 Å². The smallest absolute Gasteiger partial charge is 0.305 e. The first-order valence-corrected chi connectivity index (χ1v) is 15.3. The molecule has 0 spiro atoms. The second-order valence-electron chi connectivity index (χ2n) is 11.0. The summed E-state index contributed by atoms with van der Waals surface area (Å²) in [5, 5.41) is 30.4. The van der Waals surface area contributed by atoms with Crippen LogP contribution in [0.15, 0.2) is 12.2 Å². The monoisotopic (exact) mass is 554 g/mol. The highest BCUT2D eigenvalue weighted by Crippen LogP contribution is 2.34. The molecule has 1 fully saturated rings. The van der Waals surface area contributed by atoms with Gasteiger partial charge in [-0.05, 0) is 31.6 Å². The molecule has 0 aromatic heterocycles. The maximum atomic E-state index is 12.3. The molecule has 0 unspecified atom stereocenters. The number of Topliss-reactive ketones (excluding diaryl/α,β-unsaturated/α-hetero) is 1. The van der Waals surface area contributed by atoms with Gasteiger partial charge < -0.3 is 24.8 Å². The van der Waals surface area contributed by atoms with Gasteiger partial charge in [0.1, 0.15) is 25.1 Å². The molecule has 39 heavy (non-hydrogen) atoms. The van der Waals surface area contributed by atoms with Crippen molar-refractivity contribution >= 4 is 17.7 Å². The maximum absolute atomic E-state index is 12.3. The van der Waals surface area contributed by atoms with Crippen LogP contribution in [0.1, 0.15) is 123 Å². The summed E-state index contributed by atoms with van der Waals surface area (Å²) >= 11 is 0. The molecule has 0 aliphatic heterocycles. The summed E-state index contributed by atoms with van der Waals surface area (Å²) in [5.41, 5.74) is 0. The van der Waals surface area contributed by atoms with Gasteiger partial charge in [-0.3, -0.25) is 14.4 Å². The Labute approximate surface area is 235 Å². The fraction of sp³-hybridized carbons (Fsp3) is 0.839. The summed E-state index contributed by atoms with van der Waals surface area (Å²) in [6.07, 6.45) is 14.9. The van der Waals surface area contributed by atoms with Crippen LogP contribution in [0.3, 0.4) is 0 Å². The average molecular weight is 555 g/mol. The van der Waals surface area contributed by atoms with Gasteiger partial charge in [-0.1, -0.05) is 90.2 Å². The number of aliphatic hydroxyl groups excluding tert-OH is 3. The van der Waals surface area contributed by atoms with Crippen LogP contribution >= 0.6 is 0 Å². The predicted molar refractivity (Wildman–Crippen MR) is 151 cm³/mol. The minimum absolute atomic E-state index is 0.0339. The number of ketones is 1. The minimum atomic E-state index is -1.03. The van der Waals surface area contributed by atoms with E-state index in [2.05, 4.69) is 13.8 Å². The molecule has 8 heteroatoms. The molecule has 1 aliphatic rings. The lowest BCUT2D eigenvalue weighted by atomic mass is 9.88. The Balaban J connectivity index is 2.15. The van der Waals surface area contributed by atoms with Gasteiger partial charge in [-0.2, -0.15) is 0 Å². The van der Waals surface area contributed by atoms with Crippen LogP contribution in [0.5, 0.6) is 0 Å². The molecule has 1 saturated carbocycles. The highest BCUT2D eigenvalue weighted by molar-refractivity contribution is 5.86. The van der Waals surface area contributed by atoms with E-state index in [4.69, 9.17) is 9.47 Å². The van der Waals surface area contributed by atoms with E-state index in [1.807, 2.05) is 0 Å². The Morgan fingerprint density at radius 2 is 1.38 bits per heavy atom. The molecule has 0 aromatic carbocycles. The summed E-state index contributed by atoms with van der Waals surface area (Å²) in [7, 11) is 0. The molecule has 0 aromatic rings. The van der Waals surface area contributed by atoms with Gasteiger partial charge in [0, 0.05) is 25.2 Å². The topological polar surface area (TPSA) is 130 Å². The third kappa shape index (κ3) is 16.8. The van der Waals surface area contributed by atoms with Gasteiger partial charge in [-0.15, -0.1) is 0 Å². The van der Waals surface area contributed by atoms with E-state index in [-0.39, 0.29) is 49.6 Å². The molecule has 0 amide bonds. The summed E-state index contributed by atoms with van der Waals surface area (Å²) in [6.45, 7) is 3.88. The Morgan fingerprint density at radius 3 is 1.97 bits per heavy atom. The second-order valence-corrected chi connectivity index (χ2v) is 11.0. The quantitative estimate of drug-likeness (QED) is 0.0893. The van der Waals surface area contributed by atoms with E-state index in [9.17, 15) is 29.7 Å². The highest BCUT2D eigenvalue weighted by Gasteiger charge is 2.39. The van der Waals surface area contributed by atoms with Crippen molar-refractivity contribution in [1.82, 2.24) is 0 Å². The lowest BCUT2D eigenvalue weighted by Crippen LogP contribution is -2.25. The van der Waals surface area contributed by atoms with Crippen molar-refractivity contribution < 1.29 is 39.2 Å². The van der Waals surface area contributed by atoms with Crippen molar-refractivity contribution in [2.24, 2.45) is 11.8 Å². The first-order chi connectivity index (χ1) is 18.8. The Kier molecular flexibility index (Phi) is 19.9. The fourth-order valence-corrected chi connectivity index (χ4v) is 4.99. The number of carbonyl (C=O) groups excluding carboxylic acids is 3. The number of aliphatic hydroxyl groups is 3. The molecule has 0 radical (unpaired) electrons. The van der Waals surface area contributed by atoms with Crippen LogP contribution < -0.4 is 0 Å². The molecule has 0 heterocycles. The van der Waals surface area contributed by atoms with Crippen LogP contribution in [0.4, 0.5) is 0 Å². The van der Waals surface area contributed by atoms with E-state index in [0.29, 0.717) is 19.3 Å². The van der Waals surface area contributed by atoms with Crippen molar-refractivity contribution in [2.75, 3.05) is 13.2 Å². The lowest BCUT2D eigenvalue weighted by molar-refractivity contribution is -0.152. The maximum Gasteiger partial charge on any atom is 0.305 e. The lowest BCUT2D eigenvalue weighted by Gasteiger charge is -2.19. The molecule has 3 N–H and O–H groups in total. The zero-order valence-corrected chi connectivity index (χ0v) is 24.4. The largest absolute Gasteiger partial charge is 0.463 e.